The molecule has 0 aliphatic carbocycles. The number of hydrogen-bond acceptors (Lipinski definition) is 1. The van der Waals surface area contributed by atoms with Crippen LogP contribution in [0.3, 0.4) is 0 Å². The highest BCUT2D eigenvalue weighted by atomic mass is 16.4. The van der Waals surface area contributed by atoms with E-state index in [1.807, 2.05) is 0 Å². The van der Waals surface area contributed by atoms with Gasteiger partial charge in [-0.15, -0.1) is 0 Å². The van der Waals surface area contributed by atoms with Gasteiger partial charge in [0.15, 0.2) is 0 Å². The van der Waals surface area contributed by atoms with Gasteiger partial charge in [0.2, 0.25) is 0 Å². The number of aliphatic hydroxyl groups is 1. The predicted octanol–water partition coefficient (Wildman–Crippen LogP) is 1.26. The van der Waals surface area contributed by atoms with E-state index in [0.29, 0.717) is 5.75 Å². The third-order valence-electron chi connectivity index (χ3n) is 1.27. The lowest BCUT2D eigenvalue weighted by molar-refractivity contribution is -0.354. The first kappa shape index (κ1) is 6.96. The lowest BCUT2D eigenvalue weighted by Gasteiger charge is -1.89. The van der Waals surface area contributed by atoms with E-state index >= 15 is 0 Å². The van der Waals surface area contributed by atoms with Crippen molar-refractivity contribution in [2.45, 2.75) is 6.61 Å². The largest absolute Gasteiger partial charge is 0.392 e. The third kappa shape index (κ3) is 1.42. The summed E-state index contributed by atoms with van der Waals surface area (Å²) in [7, 11) is 0. The summed E-state index contributed by atoms with van der Waals surface area (Å²) in [5.74, 6) is 0.706. The normalized spacial score (nSPS) is 9.30. The minimum Gasteiger partial charge on any atom is -0.392 e. The second-order valence-corrected chi connectivity index (χ2v) is 1.95. The van der Waals surface area contributed by atoms with Crippen LogP contribution in [0.2, 0.25) is 0 Å². The minimum atomic E-state index is 0.0669. The van der Waals surface area contributed by atoms with E-state index in [-0.39, 0.29) is 6.61 Å². The molecule has 1 N–H and O–H groups in total. The monoisotopic (exact) mass is 137 g/mol. The van der Waals surface area contributed by atoms with Gasteiger partial charge in [0.25, 0.3) is 6.79 Å². The summed E-state index contributed by atoms with van der Waals surface area (Å²) in [4.78, 5) is 0. The van der Waals surface area contributed by atoms with Crippen LogP contribution in [0.4, 0.5) is 0 Å². The molecule has 0 radical (unpaired) electrons. The summed E-state index contributed by atoms with van der Waals surface area (Å²) in [6.45, 7) is 3.32. The van der Waals surface area contributed by atoms with Gasteiger partial charge in [0, 0.05) is 12.1 Å². The van der Waals surface area contributed by atoms with Gasteiger partial charge >= 0.3 is 5.75 Å². The molecule has 1 aromatic rings. The maximum atomic E-state index is 8.64. The molecule has 0 fully saturated rings. The standard InChI is InChI=1S/C8H9O2/c1-10-8-4-2-7(6-9)3-5-8/h2-5,9H,1,6H2/q+1. The highest BCUT2D eigenvalue weighted by molar-refractivity contribution is 5.27. The van der Waals surface area contributed by atoms with Gasteiger partial charge in [-0.3, -0.25) is 0 Å². The lowest BCUT2D eigenvalue weighted by atomic mass is 10.2. The van der Waals surface area contributed by atoms with Crippen molar-refractivity contribution in [1.82, 2.24) is 0 Å². The predicted molar refractivity (Wildman–Crippen MR) is 38.9 cm³/mol. The van der Waals surface area contributed by atoms with Crippen molar-refractivity contribution in [2.75, 3.05) is 0 Å². The SMILES string of the molecule is C=[O+]c1ccc(CO)cc1. The molecule has 0 saturated carbocycles. The van der Waals surface area contributed by atoms with Crippen LogP contribution in [-0.2, 0) is 11.0 Å². The summed E-state index contributed by atoms with van der Waals surface area (Å²) >= 11 is 0. The Balaban J connectivity index is 2.90. The Morgan fingerprint density at radius 3 is 2.30 bits per heavy atom. The van der Waals surface area contributed by atoms with Crippen molar-refractivity contribution in [3.05, 3.63) is 29.8 Å². The zero-order valence-corrected chi connectivity index (χ0v) is 5.58. The lowest BCUT2D eigenvalue weighted by Crippen LogP contribution is -1.79. The van der Waals surface area contributed by atoms with Crippen LogP contribution >= 0.6 is 0 Å². The molecular weight excluding hydrogens is 128 g/mol. The first-order chi connectivity index (χ1) is 4.86. The molecule has 0 aromatic heterocycles. The van der Waals surface area contributed by atoms with Crippen molar-refractivity contribution in [3.63, 3.8) is 0 Å². The molecular formula is C8H9O2+. The van der Waals surface area contributed by atoms with Gasteiger partial charge in [0.1, 0.15) is 0 Å². The van der Waals surface area contributed by atoms with Crippen LogP contribution in [0.15, 0.2) is 24.3 Å². The Morgan fingerprint density at radius 1 is 1.30 bits per heavy atom. The third-order valence-corrected chi connectivity index (χ3v) is 1.27. The Morgan fingerprint density at radius 2 is 1.90 bits per heavy atom. The summed E-state index contributed by atoms with van der Waals surface area (Å²) in [5.41, 5.74) is 0.876. The number of aliphatic hydroxyl groups excluding tert-OH is 1. The Kier molecular flexibility index (Phi) is 2.18. The summed E-state index contributed by atoms with van der Waals surface area (Å²) in [6, 6.07) is 7.11. The quantitative estimate of drug-likeness (QED) is 0.611. The van der Waals surface area contributed by atoms with E-state index in [9.17, 15) is 0 Å². The fourth-order valence-electron chi connectivity index (χ4n) is 0.691. The molecule has 2 nitrogen and oxygen atoms in total. The summed E-state index contributed by atoms with van der Waals surface area (Å²) in [6.07, 6.45) is 0. The van der Waals surface area contributed by atoms with E-state index in [4.69, 9.17) is 5.11 Å². The fourth-order valence-corrected chi connectivity index (χ4v) is 0.691. The topological polar surface area (TPSA) is 31.5 Å². The molecule has 0 bridgehead atoms. The van der Waals surface area contributed by atoms with Crippen LogP contribution in [0.25, 0.3) is 0 Å². The summed E-state index contributed by atoms with van der Waals surface area (Å²) in [5, 5.41) is 8.64. The van der Waals surface area contributed by atoms with E-state index in [0.717, 1.165) is 5.56 Å². The van der Waals surface area contributed by atoms with Crippen LogP contribution in [-0.4, -0.2) is 11.9 Å². The first-order valence-corrected chi connectivity index (χ1v) is 2.98. The maximum absolute atomic E-state index is 8.64. The molecule has 0 heterocycles. The van der Waals surface area contributed by atoms with E-state index in [2.05, 4.69) is 11.2 Å². The number of rotatable bonds is 2. The van der Waals surface area contributed by atoms with Gasteiger partial charge in [-0.1, -0.05) is 0 Å². The Hall–Kier alpha value is -1.15. The van der Waals surface area contributed by atoms with Crippen molar-refractivity contribution >= 4 is 6.79 Å². The zero-order chi connectivity index (χ0) is 7.40. The van der Waals surface area contributed by atoms with Crippen molar-refractivity contribution in [1.29, 1.82) is 0 Å². The van der Waals surface area contributed by atoms with Gasteiger partial charge < -0.3 is 5.11 Å². The second kappa shape index (κ2) is 3.13. The Labute approximate surface area is 59.4 Å². The molecule has 10 heavy (non-hydrogen) atoms. The first-order valence-electron chi connectivity index (χ1n) is 2.98. The van der Waals surface area contributed by atoms with Gasteiger partial charge in [-0.05, 0) is 17.7 Å². The molecule has 2 heteroatoms. The van der Waals surface area contributed by atoms with Gasteiger partial charge in [-0.2, -0.15) is 0 Å². The van der Waals surface area contributed by atoms with Crippen molar-refractivity contribution < 1.29 is 9.53 Å². The number of carbonyl (C=O) groups excluding carboxylic acids is 1. The van der Waals surface area contributed by atoms with Crippen molar-refractivity contribution in [3.8, 4) is 5.75 Å². The fraction of sp³-hybridized carbons (Fsp3) is 0.125. The van der Waals surface area contributed by atoms with Crippen molar-refractivity contribution in [2.24, 2.45) is 0 Å². The number of benzene rings is 1. The molecule has 1 aromatic carbocycles. The average molecular weight is 137 g/mol. The van der Waals surface area contributed by atoms with E-state index in [1.165, 1.54) is 0 Å². The second-order valence-electron chi connectivity index (χ2n) is 1.95. The summed E-state index contributed by atoms with van der Waals surface area (Å²) < 4.78 is 4.68. The maximum Gasteiger partial charge on any atom is 0.351 e. The molecule has 0 saturated heterocycles. The zero-order valence-electron chi connectivity index (χ0n) is 5.58. The highest BCUT2D eigenvalue weighted by Gasteiger charge is 1.97. The Bertz CT molecular complexity index is 213. The molecule has 0 amide bonds. The van der Waals surface area contributed by atoms with E-state index in [1.54, 1.807) is 24.3 Å². The smallest absolute Gasteiger partial charge is 0.351 e. The van der Waals surface area contributed by atoms with E-state index < -0.39 is 0 Å². The minimum absolute atomic E-state index is 0.0669. The van der Waals surface area contributed by atoms with Crippen LogP contribution in [0.5, 0.6) is 5.75 Å². The molecule has 0 aliphatic heterocycles. The van der Waals surface area contributed by atoms with Crippen LogP contribution in [0.1, 0.15) is 5.56 Å². The highest BCUT2D eigenvalue weighted by Crippen LogP contribution is 2.10. The van der Waals surface area contributed by atoms with Gasteiger partial charge in [0.05, 0.1) is 6.61 Å². The van der Waals surface area contributed by atoms with Crippen LogP contribution < -0.4 is 0 Å². The molecule has 0 unspecified atom stereocenters. The molecule has 1 rings (SSSR count). The molecule has 0 aliphatic rings. The average Bonchev–Trinajstić information content (AvgIpc) is 2.05. The number of hydrogen-bond donors (Lipinski definition) is 1. The molecule has 52 valence electrons. The van der Waals surface area contributed by atoms with Crippen LogP contribution in [0, 0.1) is 0 Å². The van der Waals surface area contributed by atoms with Gasteiger partial charge in [-0.25, -0.2) is 4.42 Å². The molecule has 0 atom stereocenters. The molecule has 0 spiro atoms.